The Kier molecular flexibility index (Phi) is 8.08. The summed E-state index contributed by atoms with van der Waals surface area (Å²) in [6.45, 7) is 2.14. The molecule has 0 fully saturated rings. The van der Waals surface area contributed by atoms with Crippen molar-refractivity contribution in [3.63, 3.8) is 0 Å². The first-order chi connectivity index (χ1) is 20.5. The van der Waals surface area contributed by atoms with Crippen molar-refractivity contribution in [2.45, 2.75) is 18.7 Å². The summed E-state index contributed by atoms with van der Waals surface area (Å²) in [6.07, 6.45) is 1.68. The van der Waals surface area contributed by atoms with E-state index in [2.05, 4.69) is 35.4 Å². The molecule has 1 aliphatic rings. The number of aryl methyl sites for hydroxylation is 1. The molecule has 0 aliphatic carbocycles. The van der Waals surface area contributed by atoms with Gasteiger partial charge in [0.1, 0.15) is 12.4 Å². The highest BCUT2D eigenvalue weighted by Crippen LogP contribution is 2.49. The van der Waals surface area contributed by atoms with Crippen LogP contribution in [0.5, 0.6) is 0 Å². The smallest absolute Gasteiger partial charge is 0.240 e. The largest absolute Gasteiger partial charge is 0.349 e. The third-order valence-electron chi connectivity index (χ3n) is 7.06. The third-order valence-corrected chi connectivity index (χ3v) is 8.63. The van der Waals surface area contributed by atoms with Crippen LogP contribution in [0.2, 0.25) is 5.02 Å². The van der Waals surface area contributed by atoms with Gasteiger partial charge in [0.05, 0.1) is 39.6 Å². The summed E-state index contributed by atoms with van der Waals surface area (Å²) >= 11 is 8.26. The molecule has 1 N–H and O–H groups in total. The van der Waals surface area contributed by atoms with Gasteiger partial charge in [0.15, 0.2) is 0 Å². The number of hydrogen-bond donors (Lipinski definition) is 1. The normalized spacial score (nSPS) is 14.8. The van der Waals surface area contributed by atoms with Crippen molar-refractivity contribution >= 4 is 41.0 Å². The van der Waals surface area contributed by atoms with E-state index in [-0.39, 0.29) is 35.9 Å². The number of nitrogens with zero attached hydrogens (tertiary/aromatic N) is 4. The number of amides is 2. The first kappa shape index (κ1) is 27.8. The van der Waals surface area contributed by atoms with Crippen molar-refractivity contribution in [3.05, 3.63) is 131 Å². The molecule has 7 nitrogen and oxygen atoms in total. The van der Waals surface area contributed by atoms with Gasteiger partial charge in [-0.15, -0.1) is 11.8 Å². The molecule has 3 heterocycles. The second kappa shape index (κ2) is 12.2. The van der Waals surface area contributed by atoms with E-state index in [0.717, 1.165) is 33.6 Å². The Morgan fingerprint density at radius 1 is 1.00 bits per heavy atom. The monoisotopic (exact) mass is 593 g/mol. The minimum Gasteiger partial charge on any atom is -0.349 e. The van der Waals surface area contributed by atoms with Crippen molar-refractivity contribution < 1.29 is 9.59 Å². The fourth-order valence-electron chi connectivity index (χ4n) is 5.11. The molecule has 6 rings (SSSR count). The van der Waals surface area contributed by atoms with Gasteiger partial charge in [-0.1, -0.05) is 90.0 Å². The Morgan fingerprint density at radius 2 is 1.79 bits per heavy atom. The van der Waals surface area contributed by atoms with Crippen molar-refractivity contribution in [1.82, 2.24) is 20.1 Å². The van der Waals surface area contributed by atoms with E-state index in [1.807, 2.05) is 72.8 Å². The highest BCUT2D eigenvalue weighted by molar-refractivity contribution is 8.00. The minimum atomic E-state index is -0.299. The summed E-state index contributed by atoms with van der Waals surface area (Å²) in [5.74, 6) is 0.248. The molecule has 1 atom stereocenters. The predicted molar refractivity (Wildman–Crippen MR) is 168 cm³/mol. The van der Waals surface area contributed by atoms with Crippen LogP contribution in [0.3, 0.4) is 0 Å². The van der Waals surface area contributed by atoms with Crippen LogP contribution in [-0.4, -0.2) is 38.9 Å². The van der Waals surface area contributed by atoms with Crippen LogP contribution < -0.4 is 10.2 Å². The van der Waals surface area contributed by atoms with Gasteiger partial charge in [-0.05, 0) is 36.8 Å². The molecular weight excluding hydrogens is 566 g/mol. The van der Waals surface area contributed by atoms with E-state index < -0.39 is 0 Å². The van der Waals surface area contributed by atoms with Gasteiger partial charge in [-0.3, -0.25) is 19.5 Å². The lowest BCUT2D eigenvalue weighted by molar-refractivity contribution is -0.123. The molecular formula is C33H28ClN5O2S. The lowest BCUT2D eigenvalue weighted by atomic mass is 9.98. The number of carbonyl (C=O) groups excluding carboxylic acids is 2. The zero-order valence-corrected chi connectivity index (χ0v) is 24.5. The maximum atomic E-state index is 13.9. The Balaban J connectivity index is 1.53. The van der Waals surface area contributed by atoms with Gasteiger partial charge in [-0.25, -0.2) is 4.68 Å². The molecule has 0 saturated carbocycles. The summed E-state index contributed by atoms with van der Waals surface area (Å²) in [5.41, 5.74) is 6.04. The summed E-state index contributed by atoms with van der Waals surface area (Å²) in [5, 5.41) is 8.29. The SMILES string of the molecule is Cc1cccc([C@H]2SCC(=O)N(CC(=O)NCc3ccccn3)c3c2c(-c2ccccc2)nn3-c2ccccc2Cl)c1. The minimum absolute atomic E-state index is 0.176. The van der Waals surface area contributed by atoms with Gasteiger partial charge in [0.2, 0.25) is 11.8 Å². The number of aromatic nitrogens is 3. The molecule has 0 bridgehead atoms. The molecule has 2 aromatic heterocycles. The van der Waals surface area contributed by atoms with Gasteiger partial charge < -0.3 is 5.32 Å². The highest BCUT2D eigenvalue weighted by atomic mass is 35.5. The maximum absolute atomic E-state index is 13.9. The molecule has 5 aromatic rings. The molecule has 2 amide bonds. The first-order valence-electron chi connectivity index (χ1n) is 13.6. The van der Waals surface area contributed by atoms with Crippen molar-refractivity contribution in [1.29, 1.82) is 0 Å². The zero-order chi connectivity index (χ0) is 29.1. The Labute approximate surface area is 253 Å². The number of hydrogen-bond acceptors (Lipinski definition) is 5. The molecule has 0 spiro atoms. The number of benzene rings is 3. The van der Waals surface area contributed by atoms with Gasteiger partial charge >= 0.3 is 0 Å². The topological polar surface area (TPSA) is 80.1 Å². The molecule has 0 radical (unpaired) electrons. The van der Waals surface area contributed by atoms with E-state index in [9.17, 15) is 9.59 Å². The van der Waals surface area contributed by atoms with Gasteiger partial charge in [0.25, 0.3) is 0 Å². The number of nitrogens with one attached hydrogen (secondary N) is 1. The summed E-state index contributed by atoms with van der Waals surface area (Å²) < 4.78 is 1.72. The van der Waals surface area contributed by atoms with Crippen LogP contribution in [0.15, 0.2) is 103 Å². The van der Waals surface area contributed by atoms with Gasteiger partial charge in [-0.2, -0.15) is 5.10 Å². The van der Waals surface area contributed by atoms with Crippen LogP contribution in [0.4, 0.5) is 5.82 Å². The number of thioether (sulfide) groups is 1. The highest BCUT2D eigenvalue weighted by Gasteiger charge is 2.38. The first-order valence-corrected chi connectivity index (χ1v) is 15.0. The Morgan fingerprint density at radius 3 is 2.55 bits per heavy atom. The van der Waals surface area contributed by atoms with Crippen molar-refractivity contribution in [3.8, 4) is 16.9 Å². The van der Waals surface area contributed by atoms with Gasteiger partial charge in [0, 0.05) is 17.3 Å². The average Bonchev–Trinajstić information content (AvgIpc) is 3.33. The maximum Gasteiger partial charge on any atom is 0.240 e. The second-order valence-electron chi connectivity index (χ2n) is 10.00. The molecule has 0 unspecified atom stereocenters. The predicted octanol–water partition coefficient (Wildman–Crippen LogP) is 6.38. The molecule has 0 saturated heterocycles. The number of carbonyl (C=O) groups is 2. The number of para-hydroxylation sites is 1. The standard InChI is InChI=1S/C33H28ClN5O2S/c1-22-10-9-13-24(18-22)32-30-31(23-11-3-2-4-12-23)37-39(27-16-6-5-15-26(27)34)33(30)38(29(41)21-42-32)20-28(40)36-19-25-14-7-8-17-35-25/h2-18,32H,19-21H2,1H3,(H,36,40)/t32-/m1/s1. The Bertz CT molecular complexity index is 1740. The summed E-state index contributed by atoms with van der Waals surface area (Å²) in [4.78, 5) is 33.1. The molecule has 210 valence electrons. The second-order valence-corrected chi connectivity index (χ2v) is 11.5. The zero-order valence-electron chi connectivity index (χ0n) is 22.9. The molecule has 9 heteroatoms. The quantitative estimate of drug-likeness (QED) is 0.237. The number of halogens is 1. The summed E-state index contributed by atoms with van der Waals surface area (Å²) in [6, 6.07) is 31.2. The summed E-state index contributed by atoms with van der Waals surface area (Å²) in [7, 11) is 0. The van der Waals surface area contributed by atoms with E-state index in [0.29, 0.717) is 16.5 Å². The number of pyridine rings is 1. The fourth-order valence-corrected chi connectivity index (χ4v) is 6.51. The Hall–Kier alpha value is -4.40. The number of anilines is 1. The van der Waals surface area contributed by atoms with Crippen LogP contribution >= 0.6 is 23.4 Å². The molecule has 3 aromatic carbocycles. The van der Waals surface area contributed by atoms with Crippen LogP contribution in [0, 0.1) is 6.92 Å². The lowest BCUT2D eigenvalue weighted by Crippen LogP contribution is -2.42. The molecule has 42 heavy (non-hydrogen) atoms. The van der Waals surface area contributed by atoms with Crippen molar-refractivity contribution in [2.24, 2.45) is 0 Å². The van der Waals surface area contributed by atoms with Crippen LogP contribution in [0.1, 0.15) is 27.6 Å². The lowest BCUT2D eigenvalue weighted by Gasteiger charge is -2.23. The van der Waals surface area contributed by atoms with Crippen LogP contribution in [-0.2, 0) is 16.1 Å². The van der Waals surface area contributed by atoms with E-state index in [1.54, 1.807) is 33.6 Å². The third kappa shape index (κ3) is 5.68. The fraction of sp³-hybridized carbons (Fsp3) is 0.152. The average molecular weight is 594 g/mol. The number of rotatable bonds is 7. The van der Waals surface area contributed by atoms with E-state index in [1.165, 1.54) is 0 Å². The molecule has 1 aliphatic heterocycles. The van der Waals surface area contributed by atoms with Crippen LogP contribution in [0.25, 0.3) is 16.9 Å². The van der Waals surface area contributed by atoms with Crippen molar-refractivity contribution in [2.75, 3.05) is 17.2 Å². The van der Waals surface area contributed by atoms with E-state index in [4.69, 9.17) is 16.7 Å². The number of fused-ring (bicyclic) bond motifs is 1. The van der Waals surface area contributed by atoms with E-state index >= 15 is 0 Å².